The topological polar surface area (TPSA) is 42.0 Å². The first kappa shape index (κ1) is 15.5. The van der Waals surface area contributed by atoms with Crippen LogP contribution in [0.1, 0.15) is 5.56 Å². The molecule has 0 radical (unpaired) electrons. The van der Waals surface area contributed by atoms with Crippen molar-refractivity contribution in [3.63, 3.8) is 0 Å². The lowest BCUT2D eigenvalue weighted by atomic mass is 10.1. The van der Waals surface area contributed by atoms with E-state index in [1.54, 1.807) is 12.1 Å². The zero-order valence-electron chi connectivity index (χ0n) is 13.6. The van der Waals surface area contributed by atoms with Crippen molar-refractivity contribution in [1.82, 2.24) is 9.38 Å². The lowest BCUT2D eigenvalue weighted by Crippen LogP contribution is -1.84. The molecule has 2 aromatic heterocycles. The number of fused-ring (bicyclic) bond motifs is 1. The van der Waals surface area contributed by atoms with Gasteiger partial charge in [-0.15, -0.1) is 10.2 Å². The average Bonchev–Trinajstić information content (AvgIpc) is 2.99. The van der Waals surface area contributed by atoms with Gasteiger partial charge in [0.25, 0.3) is 0 Å². The van der Waals surface area contributed by atoms with Crippen LogP contribution in [0.2, 0.25) is 5.02 Å². The minimum absolute atomic E-state index is 0.675. The maximum absolute atomic E-state index is 5.92. The molecule has 0 bridgehead atoms. The van der Waals surface area contributed by atoms with Gasteiger partial charge in [0, 0.05) is 16.8 Å². The number of halogens is 1. The highest BCUT2D eigenvalue weighted by molar-refractivity contribution is 6.30. The van der Waals surface area contributed by atoms with Gasteiger partial charge in [0.1, 0.15) is 11.3 Å². The van der Waals surface area contributed by atoms with Gasteiger partial charge in [0.05, 0.1) is 5.69 Å². The first-order valence-corrected chi connectivity index (χ1v) is 8.30. The summed E-state index contributed by atoms with van der Waals surface area (Å²) in [6.45, 7) is 2.05. The predicted octanol–water partition coefficient (Wildman–Crippen LogP) is 6.38. The largest absolute Gasteiger partial charge is 0.283 e. The Morgan fingerprint density at radius 3 is 2.44 bits per heavy atom. The first-order valence-electron chi connectivity index (χ1n) is 7.92. The monoisotopic (exact) mass is 346 g/mol. The van der Waals surface area contributed by atoms with Gasteiger partial charge in [-0.25, -0.2) is 4.98 Å². The van der Waals surface area contributed by atoms with E-state index < -0.39 is 0 Å². The zero-order valence-corrected chi connectivity index (χ0v) is 14.4. The molecule has 0 spiro atoms. The fourth-order valence-electron chi connectivity index (χ4n) is 2.63. The molecular formula is C20H15ClN4. The zero-order chi connectivity index (χ0) is 17.2. The molecule has 0 N–H and O–H groups in total. The number of pyridine rings is 1. The highest BCUT2D eigenvalue weighted by Crippen LogP contribution is 2.32. The van der Waals surface area contributed by atoms with Crippen molar-refractivity contribution < 1.29 is 0 Å². The summed E-state index contributed by atoms with van der Waals surface area (Å²) >= 11 is 5.92. The van der Waals surface area contributed by atoms with Gasteiger partial charge in [-0.3, -0.25) is 4.40 Å². The number of imidazole rings is 1. The molecule has 0 aliphatic carbocycles. The van der Waals surface area contributed by atoms with Crippen LogP contribution in [0.15, 0.2) is 83.2 Å². The van der Waals surface area contributed by atoms with Crippen LogP contribution in [0.25, 0.3) is 16.9 Å². The van der Waals surface area contributed by atoms with Gasteiger partial charge >= 0.3 is 0 Å². The quantitative estimate of drug-likeness (QED) is 0.397. The summed E-state index contributed by atoms with van der Waals surface area (Å²) in [5.74, 6) is 0.705. The second kappa shape index (κ2) is 6.49. The second-order valence-corrected chi connectivity index (χ2v) is 6.20. The summed E-state index contributed by atoms with van der Waals surface area (Å²) < 4.78 is 1.95. The van der Waals surface area contributed by atoms with E-state index in [9.17, 15) is 0 Å². The molecule has 4 nitrogen and oxygen atoms in total. The molecule has 0 fully saturated rings. The molecule has 0 amide bonds. The molecule has 2 heterocycles. The minimum Gasteiger partial charge on any atom is -0.283 e. The lowest BCUT2D eigenvalue weighted by molar-refractivity contribution is 1.10. The number of hydrogen-bond donors (Lipinski definition) is 0. The summed E-state index contributed by atoms with van der Waals surface area (Å²) in [5.41, 5.74) is 4.56. The fourth-order valence-corrected chi connectivity index (χ4v) is 2.76. The number of hydrogen-bond acceptors (Lipinski definition) is 3. The van der Waals surface area contributed by atoms with Gasteiger partial charge in [-0.2, -0.15) is 0 Å². The number of nitrogens with zero attached hydrogens (tertiary/aromatic N) is 4. The van der Waals surface area contributed by atoms with Crippen molar-refractivity contribution in [2.24, 2.45) is 10.2 Å². The average molecular weight is 347 g/mol. The third kappa shape index (κ3) is 3.16. The molecule has 25 heavy (non-hydrogen) atoms. The predicted molar refractivity (Wildman–Crippen MR) is 101 cm³/mol. The van der Waals surface area contributed by atoms with E-state index in [1.807, 2.05) is 72.1 Å². The summed E-state index contributed by atoms with van der Waals surface area (Å²) in [4.78, 5) is 4.76. The molecule has 0 aliphatic heterocycles. The molecule has 0 saturated carbocycles. The van der Waals surface area contributed by atoms with Crippen molar-refractivity contribution in [1.29, 1.82) is 0 Å². The summed E-state index contributed by atoms with van der Waals surface area (Å²) in [7, 11) is 0. The van der Waals surface area contributed by atoms with Crippen LogP contribution < -0.4 is 0 Å². The SMILES string of the molecule is Cc1ccn2c(N=Nc3ccc(Cl)cc3)c(-c3ccccc3)nc2c1. The maximum Gasteiger partial charge on any atom is 0.187 e. The van der Waals surface area contributed by atoms with Crippen molar-refractivity contribution in [2.75, 3.05) is 0 Å². The highest BCUT2D eigenvalue weighted by Gasteiger charge is 2.13. The van der Waals surface area contributed by atoms with Gasteiger partial charge in [-0.05, 0) is 48.9 Å². The fraction of sp³-hybridized carbons (Fsp3) is 0.0500. The van der Waals surface area contributed by atoms with E-state index in [0.717, 1.165) is 28.2 Å². The van der Waals surface area contributed by atoms with Crippen LogP contribution in [-0.4, -0.2) is 9.38 Å². The van der Waals surface area contributed by atoms with Crippen LogP contribution in [0, 0.1) is 6.92 Å². The van der Waals surface area contributed by atoms with Gasteiger partial charge in [0.2, 0.25) is 0 Å². The molecule has 0 unspecified atom stereocenters. The Kier molecular flexibility index (Phi) is 4.04. The van der Waals surface area contributed by atoms with Crippen LogP contribution in [0.3, 0.4) is 0 Å². The summed E-state index contributed by atoms with van der Waals surface area (Å²) in [6.07, 6.45) is 1.97. The Labute approximate surface area is 150 Å². The highest BCUT2D eigenvalue weighted by atomic mass is 35.5. The summed E-state index contributed by atoms with van der Waals surface area (Å²) in [6, 6.07) is 21.3. The Balaban J connectivity index is 1.87. The molecular weight excluding hydrogens is 332 g/mol. The standard InChI is InChI=1S/C20H15ClN4/c1-14-11-12-25-18(13-14)22-19(15-5-3-2-4-6-15)20(25)24-23-17-9-7-16(21)8-10-17/h2-13H,1H3. The van der Waals surface area contributed by atoms with Crippen molar-refractivity contribution in [3.05, 3.63) is 83.5 Å². The minimum atomic E-state index is 0.675. The number of benzene rings is 2. The Bertz CT molecular complexity index is 1050. The number of aryl methyl sites for hydroxylation is 1. The molecule has 4 rings (SSSR count). The van der Waals surface area contributed by atoms with Crippen LogP contribution in [0.5, 0.6) is 0 Å². The van der Waals surface area contributed by atoms with E-state index in [1.165, 1.54) is 0 Å². The molecule has 122 valence electrons. The van der Waals surface area contributed by atoms with E-state index in [-0.39, 0.29) is 0 Å². The van der Waals surface area contributed by atoms with Crippen molar-refractivity contribution in [3.8, 4) is 11.3 Å². The molecule has 2 aromatic carbocycles. The Morgan fingerprint density at radius 2 is 1.68 bits per heavy atom. The van der Waals surface area contributed by atoms with Crippen LogP contribution >= 0.6 is 11.6 Å². The normalized spacial score (nSPS) is 11.4. The Hall–Kier alpha value is -2.98. The number of aromatic nitrogens is 2. The third-order valence-corrected chi connectivity index (χ3v) is 4.14. The smallest absolute Gasteiger partial charge is 0.187 e. The van der Waals surface area contributed by atoms with E-state index in [2.05, 4.69) is 10.2 Å². The van der Waals surface area contributed by atoms with Gasteiger partial charge in [-0.1, -0.05) is 41.9 Å². The maximum atomic E-state index is 5.92. The molecule has 0 aliphatic rings. The van der Waals surface area contributed by atoms with Gasteiger partial charge in [0.15, 0.2) is 5.82 Å². The molecule has 0 atom stereocenters. The van der Waals surface area contributed by atoms with E-state index in [0.29, 0.717) is 10.8 Å². The van der Waals surface area contributed by atoms with Crippen molar-refractivity contribution >= 4 is 28.8 Å². The van der Waals surface area contributed by atoms with Crippen LogP contribution in [0.4, 0.5) is 11.5 Å². The second-order valence-electron chi connectivity index (χ2n) is 5.76. The summed E-state index contributed by atoms with van der Waals surface area (Å²) in [5, 5.41) is 9.51. The first-order chi connectivity index (χ1) is 12.2. The molecule has 4 aromatic rings. The molecule has 0 saturated heterocycles. The Morgan fingerprint density at radius 1 is 0.920 bits per heavy atom. The third-order valence-electron chi connectivity index (χ3n) is 3.89. The van der Waals surface area contributed by atoms with E-state index >= 15 is 0 Å². The molecule has 5 heteroatoms. The lowest BCUT2D eigenvalue weighted by Gasteiger charge is -2.00. The van der Waals surface area contributed by atoms with Crippen molar-refractivity contribution in [2.45, 2.75) is 6.92 Å². The number of azo groups is 1. The van der Waals surface area contributed by atoms with Gasteiger partial charge < -0.3 is 0 Å². The van der Waals surface area contributed by atoms with E-state index in [4.69, 9.17) is 16.6 Å². The van der Waals surface area contributed by atoms with Crippen LogP contribution in [-0.2, 0) is 0 Å². The number of rotatable bonds is 3.